The summed E-state index contributed by atoms with van der Waals surface area (Å²) in [6, 6.07) is 3.23. The van der Waals surface area contributed by atoms with E-state index in [1.807, 2.05) is 0 Å². The van der Waals surface area contributed by atoms with E-state index in [0.29, 0.717) is 11.9 Å². The van der Waals surface area contributed by atoms with Crippen LogP contribution in [0, 0.1) is 5.82 Å². The molecule has 4 heteroatoms. The van der Waals surface area contributed by atoms with Crippen LogP contribution in [0.5, 0.6) is 5.88 Å². The van der Waals surface area contributed by atoms with E-state index in [0.717, 1.165) is 25.7 Å². The van der Waals surface area contributed by atoms with E-state index in [2.05, 4.69) is 4.98 Å². The molecular formula is C11H15FN2O. The maximum atomic E-state index is 12.6. The van der Waals surface area contributed by atoms with Gasteiger partial charge in [0, 0.05) is 12.1 Å². The molecule has 0 radical (unpaired) electrons. The van der Waals surface area contributed by atoms with Crippen molar-refractivity contribution >= 4 is 0 Å². The number of pyridine rings is 1. The molecule has 15 heavy (non-hydrogen) atoms. The molecule has 1 aliphatic rings. The number of aromatic nitrogens is 1. The number of hydrogen-bond donors (Lipinski definition) is 1. The molecule has 2 N–H and O–H groups in total. The molecule has 1 fully saturated rings. The fourth-order valence-electron chi connectivity index (χ4n) is 1.81. The van der Waals surface area contributed by atoms with Crippen LogP contribution in [0.25, 0.3) is 0 Å². The summed E-state index contributed by atoms with van der Waals surface area (Å²) >= 11 is 0. The summed E-state index contributed by atoms with van der Waals surface area (Å²) in [7, 11) is 0. The zero-order valence-corrected chi connectivity index (χ0v) is 8.53. The molecule has 1 aromatic rings. The van der Waals surface area contributed by atoms with E-state index in [1.54, 1.807) is 6.07 Å². The quantitative estimate of drug-likeness (QED) is 0.810. The SMILES string of the molecule is NC1CCC(Oc2ccc(F)cn2)CC1. The van der Waals surface area contributed by atoms with Crippen molar-refractivity contribution in [3.8, 4) is 5.88 Å². The molecule has 0 bridgehead atoms. The van der Waals surface area contributed by atoms with Crippen LogP contribution in [0.1, 0.15) is 25.7 Å². The van der Waals surface area contributed by atoms with Crippen LogP contribution in [0.4, 0.5) is 4.39 Å². The monoisotopic (exact) mass is 210 g/mol. The molecule has 0 amide bonds. The summed E-state index contributed by atoms with van der Waals surface area (Å²) in [5, 5.41) is 0. The first-order valence-corrected chi connectivity index (χ1v) is 5.28. The van der Waals surface area contributed by atoms with Crippen molar-refractivity contribution in [2.24, 2.45) is 5.73 Å². The van der Waals surface area contributed by atoms with Crippen molar-refractivity contribution in [3.05, 3.63) is 24.1 Å². The lowest BCUT2D eigenvalue weighted by Gasteiger charge is -2.26. The second kappa shape index (κ2) is 4.57. The molecule has 0 saturated heterocycles. The van der Waals surface area contributed by atoms with E-state index in [-0.39, 0.29) is 11.9 Å². The third-order valence-corrected chi connectivity index (χ3v) is 2.71. The fourth-order valence-corrected chi connectivity index (χ4v) is 1.81. The predicted molar refractivity (Wildman–Crippen MR) is 55.1 cm³/mol. The Morgan fingerprint density at radius 1 is 1.27 bits per heavy atom. The van der Waals surface area contributed by atoms with Gasteiger partial charge in [0.2, 0.25) is 5.88 Å². The number of nitrogens with two attached hydrogens (primary N) is 1. The molecule has 0 aliphatic heterocycles. The van der Waals surface area contributed by atoms with E-state index < -0.39 is 0 Å². The number of hydrogen-bond acceptors (Lipinski definition) is 3. The summed E-state index contributed by atoms with van der Waals surface area (Å²) in [6.07, 6.45) is 5.25. The average molecular weight is 210 g/mol. The topological polar surface area (TPSA) is 48.1 Å². The van der Waals surface area contributed by atoms with Crippen LogP contribution in [-0.4, -0.2) is 17.1 Å². The minimum atomic E-state index is -0.340. The second-order valence-corrected chi connectivity index (χ2v) is 3.97. The van der Waals surface area contributed by atoms with Gasteiger partial charge in [0.05, 0.1) is 6.20 Å². The van der Waals surface area contributed by atoms with Crippen molar-refractivity contribution in [2.75, 3.05) is 0 Å². The van der Waals surface area contributed by atoms with Gasteiger partial charge in [-0.2, -0.15) is 0 Å². The standard InChI is InChI=1S/C11H15FN2O/c12-8-1-6-11(14-7-8)15-10-4-2-9(13)3-5-10/h1,6-7,9-10H,2-5,13H2. The van der Waals surface area contributed by atoms with Crippen molar-refractivity contribution in [1.82, 2.24) is 4.98 Å². The van der Waals surface area contributed by atoms with Gasteiger partial charge in [0.25, 0.3) is 0 Å². The fraction of sp³-hybridized carbons (Fsp3) is 0.545. The first-order valence-electron chi connectivity index (χ1n) is 5.28. The number of nitrogens with zero attached hydrogens (tertiary/aromatic N) is 1. The van der Waals surface area contributed by atoms with Gasteiger partial charge in [-0.05, 0) is 31.7 Å². The highest BCUT2D eigenvalue weighted by atomic mass is 19.1. The molecule has 1 saturated carbocycles. The van der Waals surface area contributed by atoms with Crippen molar-refractivity contribution < 1.29 is 9.13 Å². The highest BCUT2D eigenvalue weighted by Gasteiger charge is 2.19. The minimum Gasteiger partial charge on any atom is -0.474 e. The predicted octanol–water partition coefficient (Wildman–Crippen LogP) is 1.87. The molecule has 1 heterocycles. The number of rotatable bonds is 2. The Morgan fingerprint density at radius 3 is 2.60 bits per heavy atom. The maximum Gasteiger partial charge on any atom is 0.213 e. The summed E-state index contributed by atoms with van der Waals surface area (Å²) in [4.78, 5) is 3.86. The average Bonchev–Trinajstić information content (AvgIpc) is 2.25. The Morgan fingerprint density at radius 2 is 2.00 bits per heavy atom. The van der Waals surface area contributed by atoms with Gasteiger partial charge in [-0.3, -0.25) is 0 Å². The Labute approximate surface area is 88.5 Å². The van der Waals surface area contributed by atoms with Gasteiger partial charge in [-0.1, -0.05) is 0 Å². The van der Waals surface area contributed by atoms with Crippen LogP contribution < -0.4 is 10.5 Å². The molecule has 3 nitrogen and oxygen atoms in total. The lowest BCUT2D eigenvalue weighted by atomic mass is 9.94. The maximum absolute atomic E-state index is 12.6. The van der Waals surface area contributed by atoms with Crippen LogP contribution in [0.2, 0.25) is 0 Å². The molecule has 82 valence electrons. The molecule has 0 atom stereocenters. The highest BCUT2D eigenvalue weighted by Crippen LogP contribution is 2.21. The minimum absolute atomic E-state index is 0.183. The Bertz CT molecular complexity index is 307. The number of ether oxygens (including phenoxy) is 1. The van der Waals surface area contributed by atoms with Gasteiger partial charge >= 0.3 is 0 Å². The van der Waals surface area contributed by atoms with Crippen molar-refractivity contribution in [1.29, 1.82) is 0 Å². The molecular weight excluding hydrogens is 195 g/mol. The largest absolute Gasteiger partial charge is 0.474 e. The van der Waals surface area contributed by atoms with Crippen LogP contribution >= 0.6 is 0 Å². The molecule has 2 rings (SSSR count). The van der Waals surface area contributed by atoms with Gasteiger partial charge < -0.3 is 10.5 Å². The third kappa shape index (κ3) is 2.89. The van der Waals surface area contributed by atoms with Crippen molar-refractivity contribution in [3.63, 3.8) is 0 Å². The van der Waals surface area contributed by atoms with E-state index >= 15 is 0 Å². The third-order valence-electron chi connectivity index (χ3n) is 2.71. The van der Waals surface area contributed by atoms with Gasteiger partial charge in [0.1, 0.15) is 11.9 Å². The molecule has 0 unspecified atom stereocenters. The van der Waals surface area contributed by atoms with Crippen LogP contribution in [0.3, 0.4) is 0 Å². The Kier molecular flexibility index (Phi) is 3.16. The zero-order chi connectivity index (χ0) is 10.7. The smallest absolute Gasteiger partial charge is 0.213 e. The Hall–Kier alpha value is -1.16. The molecule has 1 aliphatic carbocycles. The van der Waals surface area contributed by atoms with E-state index in [9.17, 15) is 4.39 Å². The summed E-state index contributed by atoms with van der Waals surface area (Å²) in [5.74, 6) is 0.157. The lowest BCUT2D eigenvalue weighted by Crippen LogP contribution is -2.31. The molecule has 0 aromatic carbocycles. The lowest BCUT2D eigenvalue weighted by molar-refractivity contribution is 0.141. The number of halogens is 1. The van der Waals surface area contributed by atoms with Crippen molar-refractivity contribution in [2.45, 2.75) is 37.8 Å². The molecule has 1 aromatic heterocycles. The van der Waals surface area contributed by atoms with Gasteiger partial charge in [-0.15, -0.1) is 0 Å². The summed E-state index contributed by atoms with van der Waals surface area (Å²) in [5.41, 5.74) is 5.79. The Balaban J connectivity index is 1.89. The van der Waals surface area contributed by atoms with Crippen LogP contribution in [0.15, 0.2) is 18.3 Å². The highest BCUT2D eigenvalue weighted by molar-refractivity contribution is 5.11. The first kappa shape index (κ1) is 10.4. The zero-order valence-electron chi connectivity index (χ0n) is 8.53. The first-order chi connectivity index (χ1) is 7.24. The van der Waals surface area contributed by atoms with E-state index in [1.165, 1.54) is 12.3 Å². The van der Waals surface area contributed by atoms with E-state index in [4.69, 9.17) is 10.5 Å². The summed E-state index contributed by atoms with van der Waals surface area (Å²) < 4.78 is 18.2. The van der Waals surface area contributed by atoms with Gasteiger partial charge in [0.15, 0.2) is 0 Å². The summed E-state index contributed by atoms with van der Waals surface area (Å²) in [6.45, 7) is 0. The van der Waals surface area contributed by atoms with Gasteiger partial charge in [-0.25, -0.2) is 9.37 Å². The molecule has 0 spiro atoms. The second-order valence-electron chi connectivity index (χ2n) is 3.97. The normalized spacial score (nSPS) is 26.3. The van der Waals surface area contributed by atoms with Crippen LogP contribution in [-0.2, 0) is 0 Å².